The zero-order chi connectivity index (χ0) is 13.6. The lowest BCUT2D eigenvalue weighted by Crippen LogP contribution is -1.96. The maximum absolute atomic E-state index is 11.2. The Balaban J connectivity index is 2.60. The van der Waals surface area contributed by atoms with Gasteiger partial charge in [-0.25, -0.2) is 0 Å². The topological polar surface area (TPSA) is 68.9 Å². The molecule has 3 rings (SSSR count). The van der Waals surface area contributed by atoms with E-state index in [0.29, 0.717) is 16.4 Å². The second-order valence-corrected chi connectivity index (χ2v) is 4.51. The van der Waals surface area contributed by atoms with Crippen molar-refractivity contribution >= 4 is 27.5 Å². The molecule has 0 unspecified atom stereocenters. The highest BCUT2D eigenvalue weighted by molar-refractivity contribution is 6.07. The van der Waals surface area contributed by atoms with E-state index in [4.69, 9.17) is 0 Å². The third-order valence-corrected chi connectivity index (χ3v) is 3.29. The molecule has 5 heteroatoms. The molecule has 0 N–H and O–H groups in total. The van der Waals surface area contributed by atoms with Crippen LogP contribution in [0.25, 0.3) is 21.8 Å². The zero-order valence-corrected chi connectivity index (χ0v) is 10.5. The molecule has 0 bridgehead atoms. The summed E-state index contributed by atoms with van der Waals surface area (Å²) < 4.78 is 0. The van der Waals surface area contributed by atoms with Gasteiger partial charge in [0.25, 0.3) is 5.69 Å². The van der Waals surface area contributed by atoms with Crippen molar-refractivity contribution < 1.29 is 4.92 Å². The van der Waals surface area contributed by atoms with Crippen molar-refractivity contribution in [3.8, 4) is 0 Å². The van der Waals surface area contributed by atoms with Crippen molar-refractivity contribution in [2.45, 2.75) is 13.8 Å². The van der Waals surface area contributed by atoms with Gasteiger partial charge in [-0.05, 0) is 31.5 Å². The molecule has 0 spiro atoms. The number of rotatable bonds is 1. The second kappa shape index (κ2) is 3.98. The van der Waals surface area contributed by atoms with Crippen molar-refractivity contribution in [1.29, 1.82) is 0 Å². The van der Waals surface area contributed by atoms with Crippen LogP contribution in [-0.2, 0) is 0 Å². The van der Waals surface area contributed by atoms with Crippen LogP contribution in [-0.4, -0.2) is 14.9 Å². The standard InChI is InChI=1S/C14H11N3O2/c1-8-6-11-12(17(18)19)7-10-4-3-5-15-13(10)14(11)16-9(8)2/h3-7H,1-2H3. The fourth-order valence-corrected chi connectivity index (χ4v) is 2.19. The van der Waals surface area contributed by atoms with Crippen LogP contribution in [0, 0.1) is 24.0 Å². The minimum absolute atomic E-state index is 0.0751. The van der Waals surface area contributed by atoms with E-state index in [9.17, 15) is 10.1 Å². The monoisotopic (exact) mass is 253 g/mol. The number of nitro groups is 1. The first-order valence-corrected chi connectivity index (χ1v) is 5.88. The molecular weight excluding hydrogens is 242 g/mol. The highest BCUT2D eigenvalue weighted by Gasteiger charge is 2.17. The Morgan fingerprint density at radius 1 is 1.21 bits per heavy atom. The summed E-state index contributed by atoms with van der Waals surface area (Å²) >= 11 is 0. The highest BCUT2D eigenvalue weighted by Crippen LogP contribution is 2.32. The first-order chi connectivity index (χ1) is 9.08. The van der Waals surface area contributed by atoms with Crippen LogP contribution in [0.4, 0.5) is 5.69 Å². The summed E-state index contributed by atoms with van der Waals surface area (Å²) in [6.07, 6.45) is 1.67. The molecule has 94 valence electrons. The van der Waals surface area contributed by atoms with Gasteiger partial charge in [-0.15, -0.1) is 0 Å². The number of hydrogen-bond acceptors (Lipinski definition) is 4. The average Bonchev–Trinajstić information content (AvgIpc) is 2.39. The molecule has 2 heterocycles. The highest BCUT2D eigenvalue weighted by atomic mass is 16.6. The Morgan fingerprint density at radius 3 is 2.74 bits per heavy atom. The molecule has 0 fully saturated rings. The smallest absolute Gasteiger partial charge is 0.258 e. The first-order valence-electron chi connectivity index (χ1n) is 5.88. The molecule has 0 amide bonds. The third-order valence-electron chi connectivity index (χ3n) is 3.29. The summed E-state index contributed by atoms with van der Waals surface area (Å²) in [5.41, 5.74) is 3.16. The predicted molar refractivity (Wildman–Crippen MR) is 73.2 cm³/mol. The van der Waals surface area contributed by atoms with E-state index in [2.05, 4.69) is 9.97 Å². The molecule has 0 aliphatic rings. The van der Waals surface area contributed by atoms with Gasteiger partial charge >= 0.3 is 0 Å². The zero-order valence-electron chi connectivity index (χ0n) is 10.5. The van der Waals surface area contributed by atoms with Crippen LogP contribution in [0.15, 0.2) is 30.5 Å². The Labute approximate surface area is 109 Å². The van der Waals surface area contributed by atoms with Gasteiger partial charge in [-0.1, -0.05) is 6.07 Å². The largest absolute Gasteiger partial charge is 0.279 e. The first kappa shape index (κ1) is 11.5. The summed E-state index contributed by atoms with van der Waals surface area (Å²) in [6, 6.07) is 6.94. The van der Waals surface area contributed by atoms with E-state index >= 15 is 0 Å². The van der Waals surface area contributed by atoms with Crippen LogP contribution in [0.5, 0.6) is 0 Å². The van der Waals surface area contributed by atoms with E-state index in [1.807, 2.05) is 26.0 Å². The minimum Gasteiger partial charge on any atom is -0.258 e. The fraction of sp³-hybridized carbons (Fsp3) is 0.143. The predicted octanol–water partition coefficient (Wildman–Crippen LogP) is 3.31. The summed E-state index contributed by atoms with van der Waals surface area (Å²) in [5, 5.41) is 12.5. The molecule has 0 atom stereocenters. The SMILES string of the molecule is Cc1cc2c([N+](=O)[O-])cc3cccnc3c2nc1C. The normalized spacial score (nSPS) is 11.1. The van der Waals surface area contributed by atoms with Crippen LogP contribution >= 0.6 is 0 Å². The number of benzene rings is 1. The van der Waals surface area contributed by atoms with E-state index in [1.165, 1.54) is 0 Å². The van der Waals surface area contributed by atoms with Crippen molar-refractivity contribution in [2.75, 3.05) is 0 Å². The van der Waals surface area contributed by atoms with E-state index in [1.54, 1.807) is 18.3 Å². The number of fused-ring (bicyclic) bond motifs is 3. The van der Waals surface area contributed by atoms with Crippen molar-refractivity contribution in [3.05, 3.63) is 51.8 Å². The van der Waals surface area contributed by atoms with Gasteiger partial charge in [-0.3, -0.25) is 20.1 Å². The molecule has 0 radical (unpaired) electrons. The average molecular weight is 253 g/mol. The number of non-ortho nitro benzene ring substituents is 1. The maximum atomic E-state index is 11.2. The molecule has 1 aromatic carbocycles. The quantitative estimate of drug-likeness (QED) is 0.379. The second-order valence-electron chi connectivity index (χ2n) is 4.51. The van der Waals surface area contributed by atoms with Crippen LogP contribution in [0.2, 0.25) is 0 Å². The molecule has 0 aliphatic carbocycles. The van der Waals surface area contributed by atoms with Crippen molar-refractivity contribution in [2.24, 2.45) is 0 Å². The summed E-state index contributed by atoms with van der Waals surface area (Å²) in [5.74, 6) is 0. The molecule has 5 nitrogen and oxygen atoms in total. The maximum Gasteiger partial charge on any atom is 0.279 e. The van der Waals surface area contributed by atoms with Gasteiger partial charge in [0.05, 0.1) is 15.8 Å². The molecule has 3 aromatic rings. The number of hydrogen-bond donors (Lipinski definition) is 0. The Bertz CT molecular complexity index is 828. The Hall–Kier alpha value is -2.56. The van der Waals surface area contributed by atoms with E-state index in [-0.39, 0.29) is 10.6 Å². The van der Waals surface area contributed by atoms with Gasteiger partial charge in [0.1, 0.15) is 5.52 Å². The number of nitrogens with zero attached hydrogens (tertiary/aromatic N) is 3. The van der Waals surface area contributed by atoms with Crippen molar-refractivity contribution in [3.63, 3.8) is 0 Å². The number of nitro benzene ring substituents is 1. The summed E-state index contributed by atoms with van der Waals surface area (Å²) in [4.78, 5) is 19.6. The molecule has 0 saturated heterocycles. The number of aromatic nitrogens is 2. The molecule has 19 heavy (non-hydrogen) atoms. The van der Waals surface area contributed by atoms with E-state index in [0.717, 1.165) is 16.6 Å². The van der Waals surface area contributed by atoms with Crippen LogP contribution in [0.1, 0.15) is 11.3 Å². The number of aryl methyl sites for hydroxylation is 2. The Kier molecular flexibility index (Phi) is 2.41. The summed E-state index contributed by atoms with van der Waals surface area (Å²) in [7, 11) is 0. The number of pyridine rings is 2. The van der Waals surface area contributed by atoms with Gasteiger partial charge in [0.15, 0.2) is 0 Å². The minimum atomic E-state index is -0.370. The van der Waals surface area contributed by atoms with Gasteiger partial charge < -0.3 is 0 Å². The van der Waals surface area contributed by atoms with Gasteiger partial charge in [0, 0.05) is 23.3 Å². The van der Waals surface area contributed by atoms with Crippen LogP contribution < -0.4 is 0 Å². The third kappa shape index (κ3) is 1.71. The molecular formula is C14H11N3O2. The Morgan fingerprint density at radius 2 is 2.00 bits per heavy atom. The molecule has 0 aliphatic heterocycles. The lowest BCUT2D eigenvalue weighted by Gasteiger charge is -2.06. The van der Waals surface area contributed by atoms with Gasteiger partial charge in [0.2, 0.25) is 0 Å². The van der Waals surface area contributed by atoms with E-state index < -0.39 is 0 Å². The van der Waals surface area contributed by atoms with Crippen molar-refractivity contribution in [1.82, 2.24) is 9.97 Å². The van der Waals surface area contributed by atoms with Gasteiger partial charge in [-0.2, -0.15) is 0 Å². The fourth-order valence-electron chi connectivity index (χ4n) is 2.19. The lowest BCUT2D eigenvalue weighted by atomic mass is 10.1. The lowest BCUT2D eigenvalue weighted by molar-refractivity contribution is -0.382. The summed E-state index contributed by atoms with van der Waals surface area (Å²) in [6.45, 7) is 3.79. The molecule has 2 aromatic heterocycles. The molecule has 0 saturated carbocycles. The van der Waals surface area contributed by atoms with Crippen LogP contribution in [0.3, 0.4) is 0 Å².